The molecule has 0 bridgehead atoms. The van der Waals surface area contributed by atoms with Gasteiger partial charge in [0.25, 0.3) is 0 Å². The third-order valence-corrected chi connectivity index (χ3v) is 4.51. The summed E-state index contributed by atoms with van der Waals surface area (Å²) in [6, 6.07) is 5.33. The number of anilines is 1. The van der Waals surface area contributed by atoms with Crippen LogP contribution in [0.4, 0.5) is 5.69 Å². The van der Waals surface area contributed by atoms with Gasteiger partial charge in [0.1, 0.15) is 0 Å². The molecule has 0 saturated heterocycles. The van der Waals surface area contributed by atoms with Gasteiger partial charge in [0, 0.05) is 15.9 Å². The molecule has 1 fully saturated rings. The smallest absolute Gasteiger partial charge is 0.225 e. The zero-order chi connectivity index (χ0) is 13.2. The summed E-state index contributed by atoms with van der Waals surface area (Å²) in [7, 11) is 0. The fraction of sp³-hybridized carbons (Fsp3) is 0.462. The first-order valence-electron chi connectivity index (χ1n) is 6.00. The highest BCUT2D eigenvalue weighted by molar-refractivity contribution is 9.10. The molecule has 0 radical (unpaired) electrons. The number of nitrogens with two attached hydrogens (primary N) is 1. The van der Waals surface area contributed by atoms with Crippen molar-refractivity contribution in [1.82, 2.24) is 0 Å². The third-order valence-electron chi connectivity index (χ3n) is 3.59. The first-order valence-corrected chi connectivity index (χ1v) is 7.17. The van der Waals surface area contributed by atoms with Crippen molar-refractivity contribution in [2.45, 2.75) is 25.7 Å². The van der Waals surface area contributed by atoms with E-state index in [0.717, 1.165) is 17.3 Å². The predicted octanol–water partition coefficient (Wildman–Crippen LogP) is 3.56. The van der Waals surface area contributed by atoms with Gasteiger partial charge in [-0.3, -0.25) is 4.79 Å². The van der Waals surface area contributed by atoms with Crippen LogP contribution in [0.1, 0.15) is 25.7 Å². The normalized spacial score (nSPS) is 17.1. The van der Waals surface area contributed by atoms with Crippen molar-refractivity contribution < 1.29 is 4.79 Å². The maximum Gasteiger partial charge on any atom is 0.225 e. The molecule has 0 unspecified atom stereocenters. The van der Waals surface area contributed by atoms with Crippen LogP contribution in [-0.2, 0) is 4.79 Å². The Morgan fingerprint density at radius 3 is 2.78 bits per heavy atom. The quantitative estimate of drug-likeness (QED) is 0.886. The fourth-order valence-corrected chi connectivity index (χ4v) is 2.78. The van der Waals surface area contributed by atoms with Crippen LogP contribution < -0.4 is 11.1 Å². The van der Waals surface area contributed by atoms with Crippen molar-refractivity contribution in [2.75, 3.05) is 11.9 Å². The molecular formula is C13H16BrClN2O. The van der Waals surface area contributed by atoms with E-state index in [4.69, 9.17) is 17.3 Å². The van der Waals surface area contributed by atoms with E-state index in [9.17, 15) is 4.79 Å². The molecule has 0 atom stereocenters. The molecule has 0 heterocycles. The molecule has 0 spiro atoms. The molecule has 1 aliphatic rings. The standard InChI is InChI=1S/C13H16BrClN2O/c14-10-3-2-9(15)6-11(10)17-12(18)7-13(8-16)4-1-5-13/h2-3,6H,1,4-5,7-8,16H2,(H,17,18). The van der Waals surface area contributed by atoms with Crippen LogP contribution in [0.5, 0.6) is 0 Å². The minimum atomic E-state index is 0.00289. The Morgan fingerprint density at radius 1 is 1.50 bits per heavy atom. The predicted molar refractivity (Wildman–Crippen MR) is 77.7 cm³/mol. The number of carbonyl (C=O) groups excluding carboxylic acids is 1. The van der Waals surface area contributed by atoms with Crippen molar-refractivity contribution in [1.29, 1.82) is 0 Å². The summed E-state index contributed by atoms with van der Waals surface area (Å²) < 4.78 is 0.829. The molecule has 98 valence electrons. The Kier molecular flexibility index (Phi) is 4.30. The van der Waals surface area contributed by atoms with Gasteiger partial charge in [-0.05, 0) is 58.9 Å². The lowest BCUT2D eigenvalue weighted by Gasteiger charge is -2.40. The monoisotopic (exact) mass is 330 g/mol. The average Bonchev–Trinajstić information content (AvgIpc) is 2.28. The van der Waals surface area contributed by atoms with Crippen molar-refractivity contribution in [3.05, 3.63) is 27.7 Å². The Morgan fingerprint density at radius 2 is 2.22 bits per heavy atom. The molecule has 1 aromatic rings. The van der Waals surface area contributed by atoms with E-state index in [-0.39, 0.29) is 11.3 Å². The molecule has 1 saturated carbocycles. The Hall–Kier alpha value is -0.580. The molecule has 3 nitrogen and oxygen atoms in total. The van der Waals surface area contributed by atoms with Crippen molar-refractivity contribution in [3.63, 3.8) is 0 Å². The number of carbonyl (C=O) groups is 1. The lowest BCUT2D eigenvalue weighted by atomic mass is 9.66. The zero-order valence-electron chi connectivity index (χ0n) is 10.0. The molecule has 0 aliphatic heterocycles. The summed E-state index contributed by atoms with van der Waals surface area (Å²) in [5, 5.41) is 3.49. The topological polar surface area (TPSA) is 55.1 Å². The SMILES string of the molecule is NCC1(CC(=O)Nc2cc(Cl)ccc2Br)CCC1. The third kappa shape index (κ3) is 3.05. The minimum Gasteiger partial charge on any atom is -0.330 e. The highest BCUT2D eigenvalue weighted by Gasteiger charge is 2.37. The number of benzene rings is 1. The summed E-state index contributed by atoms with van der Waals surface area (Å²) in [5.74, 6) is 0.00289. The summed E-state index contributed by atoms with van der Waals surface area (Å²) >= 11 is 9.30. The maximum absolute atomic E-state index is 12.0. The van der Waals surface area contributed by atoms with E-state index in [1.165, 1.54) is 6.42 Å². The number of nitrogens with one attached hydrogen (secondary N) is 1. The van der Waals surface area contributed by atoms with E-state index in [1.807, 2.05) is 6.07 Å². The van der Waals surface area contributed by atoms with E-state index >= 15 is 0 Å². The lowest BCUT2D eigenvalue weighted by molar-refractivity contribution is -0.119. The summed E-state index contributed by atoms with van der Waals surface area (Å²) in [6.07, 6.45) is 3.76. The molecule has 1 amide bonds. The molecule has 2 rings (SSSR count). The van der Waals surface area contributed by atoms with Gasteiger partial charge in [-0.1, -0.05) is 18.0 Å². The van der Waals surface area contributed by atoms with E-state index in [0.29, 0.717) is 23.7 Å². The largest absolute Gasteiger partial charge is 0.330 e. The highest BCUT2D eigenvalue weighted by Crippen LogP contribution is 2.43. The first-order chi connectivity index (χ1) is 8.54. The van der Waals surface area contributed by atoms with E-state index < -0.39 is 0 Å². The van der Waals surface area contributed by atoms with Crippen LogP contribution in [0, 0.1) is 5.41 Å². The van der Waals surface area contributed by atoms with Gasteiger partial charge >= 0.3 is 0 Å². The summed E-state index contributed by atoms with van der Waals surface area (Å²) in [4.78, 5) is 12.0. The number of amides is 1. The second kappa shape index (κ2) is 5.59. The maximum atomic E-state index is 12.0. The molecule has 0 aromatic heterocycles. The minimum absolute atomic E-state index is 0.00289. The van der Waals surface area contributed by atoms with E-state index in [2.05, 4.69) is 21.2 Å². The zero-order valence-corrected chi connectivity index (χ0v) is 12.4. The van der Waals surface area contributed by atoms with Gasteiger partial charge in [0.15, 0.2) is 0 Å². The number of hydrogen-bond donors (Lipinski definition) is 2. The van der Waals surface area contributed by atoms with Crippen LogP contribution in [0.25, 0.3) is 0 Å². The van der Waals surface area contributed by atoms with Gasteiger partial charge in [-0.15, -0.1) is 0 Å². The number of halogens is 2. The fourth-order valence-electron chi connectivity index (χ4n) is 2.26. The van der Waals surface area contributed by atoms with Gasteiger partial charge in [-0.2, -0.15) is 0 Å². The second-order valence-corrected chi connectivity index (χ2v) is 6.20. The van der Waals surface area contributed by atoms with Crippen LogP contribution >= 0.6 is 27.5 Å². The lowest BCUT2D eigenvalue weighted by Crippen LogP contribution is -2.40. The summed E-state index contributed by atoms with van der Waals surface area (Å²) in [6.45, 7) is 0.580. The molecule has 1 aliphatic carbocycles. The van der Waals surface area contributed by atoms with Crippen LogP contribution in [0.3, 0.4) is 0 Å². The Balaban J connectivity index is 2.00. The van der Waals surface area contributed by atoms with Gasteiger partial charge in [0.2, 0.25) is 5.91 Å². The van der Waals surface area contributed by atoms with Crippen molar-refractivity contribution in [3.8, 4) is 0 Å². The molecule has 1 aromatic carbocycles. The van der Waals surface area contributed by atoms with Crippen molar-refractivity contribution in [2.24, 2.45) is 11.1 Å². The van der Waals surface area contributed by atoms with Crippen molar-refractivity contribution >= 4 is 39.1 Å². The first kappa shape index (κ1) is 13.8. The van der Waals surface area contributed by atoms with Gasteiger partial charge in [0.05, 0.1) is 5.69 Å². The van der Waals surface area contributed by atoms with Gasteiger partial charge < -0.3 is 11.1 Å². The number of rotatable bonds is 4. The Bertz CT molecular complexity index is 455. The molecule has 18 heavy (non-hydrogen) atoms. The van der Waals surface area contributed by atoms with E-state index in [1.54, 1.807) is 12.1 Å². The second-order valence-electron chi connectivity index (χ2n) is 4.91. The van der Waals surface area contributed by atoms with Crippen LogP contribution in [0.15, 0.2) is 22.7 Å². The highest BCUT2D eigenvalue weighted by atomic mass is 79.9. The molecule has 3 N–H and O–H groups in total. The molecule has 5 heteroatoms. The van der Waals surface area contributed by atoms with Crippen LogP contribution in [-0.4, -0.2) is 12.5 Å². The van der Waals surface area contributed by atoms with Crippen LogP contribution in [0.2, 0.25) is 5.02 Å². The summed E-state index contributed by atoms with van der Waals surface area (Å²) in [5.41, 5.74) is 6.48. The van der Waals surface area contributed by atoms with Gasteiger partial charge in [-0.25, -0.2) is 0 Å². The molecular weight excluding hydrogens is 316 g/mol. The Labute approximate surface area is 120 Å². The number of hydrogen-bond acceptors (Lipinski definition) is 2. The average molecular weight is 332 g/mol.